The van der Waals surface area contributed by atoms with E-state index in [0.29, 0.717) is 0 Å². The quantitative estimate of drug-likeness (QED) is 0.903. The van der Waals surface area contributed by atoms with Gasteiger partial charge in [-0.2, -0.15) is 0 Å². The number of likely N-dealkylation sites (tertiary alicyclic amines) is 1. The molecule has 18 heavy (non-hydrogen) atoms. The van der Waals surface area contributed by atoms with E-state index < -0.39 is 0 Å². The van der Waals surface area contributed by atoms with Crippen LogP contribution in [-0.2, 0) is 6.54 Å². The van der Waals surface area contributed by atoms with E-state index in [1.807, 2.05) is 17.5 Å². The van der Waals surface area contributed by atoms with Gasteiger partial charge >= 0.3 is 0 Å². The summed E-state index contributed by atoms with van der Waals surface area (Å²) >= 11 is 1.83. The Hall–Kier alpha value is -0.160. The van der Waals surface area contributed by atoms with Gasteiger partial charge in [0.1, 0.15) is 0 Å². The highest BCUT2D eigenvalue weighted by molar-refractivity contribution is 7.11. The Kier molecular flexibility index (Phi) is 7.15. The van der Waals surface area contributed by atoms with Crippen LogP contribution in [0.5, 0.6) is 0 Å². The van der Waals surface area contributed by atoms with Crippen LogP contribution in [0, 0.1) is 12.8 Å². The number of hydrogen-bond acceptors (Lipinski definition) is 4. The first kappa shape index (κ1) is 15.9. The lowest BCUT2D eigenvalue weighted by Gasteiger charge is -2.31. The van der Waals surface area contributed by atoms with Crippen LogP contribution < -0.4 is 5.32 Å². The van der Waals surface area contributed by atoms with E-state index in [4.69, 9.17) is 0 Å². The Morgan fingerprint density at radius 2 is 2.17 bits per heavy atom. The molecule has 3 nitrogen and oxygen atoms in total. The zero-order valence-electron chi connectivity index (χ0n) is 11.3. The molecule has 1 aromatic heterocycles. The van der Waals surface area contributed by atoms with Crippen molar-refractivity contribution in [3.05, 3.63) is 16.1 Å². The highest BCUT2D eigenvalue weighted by atomic mass is 35.5. The summed E-state index contributed by atoms with van der Waals surface area (Å²) in [6.45, 7) is 10.1. The Labute approximate surface area is 120 Å². The Morgan fingerprint density at radius 1 is 1.44 bits per heavy atom. The summed E-state index contributed by atoms with van der Waals surface area (Å²) in [7, 11) is 0. The molecule has 2 rings (SSSR count). The van der Waals surface area contributed by atoms with Gasteiger partial charge in [0.05, 0.1) is 5.01 Å². The van der Waals surface area contributed by atoms with Gasteiger partial charge in [0.25, 0.3) is 0 Å². The number of halogens is 1. The summed E-state index contributed by atoms with van der Waals surface area (Å²) < 4.78 is 0. The Bertz CT molecular complexity index is 335. The van der Waals surface area contributed by atoms with Crippen LogP contribution in [0.3, 0.4) is 0 Å². The van der Waals surface area contributed by atoms with Gasteiger partial charge < -0.3 is 5.32 Å². The second kappa shape index (κ2) is 8.10. The summed E-state index contributed by atoms with van der Waals surface area (Å²) in [5.74, 6) is 0.884. The van der Waals surface area contributed by atoms with Crippen molar-refractivity contribution in [3.8, 4) is 0 Å². The molecule has 0 unspecified atom stereocenters. The molecule has 0 atom stereocenters. The number of hydrogen-bond donors (Lipinski definition) is 1. The maximum absolute atomic E-state index is 4.32. The molecule has 5 heteroatoms. The molecule has 1 aliphatic heterocycles. The van der Waals surface area contributed by atoms with Gasteiger partial charge in [-0.25, -0.2) is 4.98 Å². The highest BCUT2D eigenvalue weighted by Gasteiger charge is 2.19. The van der Waals surface area contributed by atoms with Crippen molar-refractivity contribution in [2.75, 3.05) is 26.2 Å². The van der Waals surface area contributed by atoms with Crippen LogP contribution >= 0.6 is 23.7 Å². The smallest absolute Gasteiger partial charge is 0.0897 e. The summed E-state index contributed by atoms with van der Waals surface area (Å²) in [5, 5.41) is 4.64. The number of thiazole rings is 1. The van der Waals surface area contributed by atoms with E-state index in [1.165, 1.54) is 42.4 Å². The van der Waals surface area contributed by atoms with E-state index in [9.17, 15) is 0 Å². The predicted molar refractivity (Wildman–Crippen MR) is 80.6 cm³/mol. The molecule has 0 aliphatic carbocycles. The van der Waals surface area contributed by atoms with Crippen LogP contribution in [0.4, 0.5) is 0 Å². The van der Waals surface area contributed by atoms with E-state index in [1.54, 1.807) is 0 Å². The van der Waals surface area contributed by atoms with E-state index in [0.717, 1.165) is 19.0 Å². The van der Waals surface area contributed by atoms with Crippen molar-refractivity contribution < 1.29 is 0 Å². The fourth-order valence-electron chi connectivity index (χ4n) is 2.40. The molecular weight excluding hydrogens is 266 g/mol. The van der Waals surface area contributed by atoms with Gasteiger partial charge in [-0.3, -0.25) is 4.90 Å². The average Bonchev–Trinajstić information content (AvgIpc) is 2.74. The normalized spacial score (nSPS) is 17.7. The minimum atomic E-state index is 0. The van der Waals surface area contributed by atoms with E-state index in [2.05, 4.69) is 29.0 Å². The topological polar surface area (TPSA) is 28.2 Å². The number of nitrogens with one attached hydrogen (secondary N) is 1. The molecule has 0 saturated carbocycles. The lowest BCUT2D eigenvalue weighted by molar-refractivity contribution is 0.177. The second-order valence-corrected chi connectivity index (χ2v) is 6.19. The van der Waals surface area contributed by atoms with Gasteiger partial charge in [0.2, 0.25) is 0 Å². The van der Waals surface area contributed by atoms with Crippen molar-refractivity contribution in [2.24, 2.45) is 5.92 Å². The SMILES string of the molecule is CCNCC1CCN(Cc2cnc(C)s2)CC1.Cl. The van der Waals surface area contributed by atoms with Crippen LogP contribution in [0.1, 0.15) is 29.7 Å². The maximum Gasteiger partial charge on any atom is 0.0897 e. The van der Waals surface area contributed by atoms with Crippen LogP contribution in [0.2, 0.25) is 0 Å². The summed E-state index contributed by atoms with van der Waals surface area (Å²) in [4.78, 5) is 8.29. The van der Waals surface area contributed by atoms with Crippen molar-refractivity contribution in [1.82, 2.24) is 15.2 Å². The van der Waals surface area contributed by atoms with Crippen molar-refractivity contribution in [2.45, 2.75) is 33.2 Å². The van der Waals surface area contributed by atoms with Gasteiger partial charge in [-0.1, -0.05) is 6.92 Å². The van der Waals surface area contributed by atoms with Gasteiger partial charge in [-0.05, 0) is 51.9 Å². The van der Waals surface area contributed by atoms with Crippen molar-refractivity contribution >= 4 is 23.7 Å². The zero-order valence-corrected chi connectivity index (χ0v) is 12.9. The number of piperidine rings is 1. The Morgan fingerprint density at radius 3 is 2.72 bits per heavy atom. The van der Waals surface area contributed by atoms with Gasteiger partial charge in [0.15, 0.2) is 0 Å². The third-order valence-corrected chi connectivity index (χ3v) is 4.34. The monoisotopic (exact) mass is 289 g/mol. The van der Waals surface area contributed by atoms with Gasteiger partial charge in [0, 0.05) is 17.6 Å². The lowest BCUT2D eigenvalue weighted by Crippen LogP contribution is -2.36. The minimum Gasteiger partial charge on any atom is -0.317 e. The van der Waals surface area contributed by atoms with E-state index >= 15 is 0 Å². The van der Waals surface area contributed by atoms with Crippen LogP contribution in [0.25, 0.3) is 0 Å². The van der Waals surface area contributed by atoms with Crippen LogP contribution in [-0.4, -0.2) is 36.1 Å². The molecule has 1 N–H and O–H groups in total. The molecule has 2 heterocycles. The first-order valence-corrected chi connectivity index (χ1v) is 7.44. The minimum absolute atomic E-state index is 0. The number of aryl methyl sites for hydroxylation is 1. The first-order valence-electron chi connectivity index (χ1n) is 6.62. The van der Waals surface area contributed by atoms with Gasteiger partial charge in [-0.15, -0.1) is 23.7 Å². The highest BCUT2D eigenvalue weighted by Crippen LogP contribution is 2.20. The molecule has 1 aromatic rings. The number of nitrogens with zero attached hydrogens (tertiary/aromatic N) is 2. The predicted octanol–water partition coefficient (Wildman–Crippen LogP) is 2.69. The fraction of sp³-hybridized carbons (Fsp3) is 0.769. The third kappa shape index (κ3) is 4.84. The lowest BCUT2D eigenvalue weighted by atomic mass is 9.97. The maximum atomic E-state index is 4.32. The molecule has 0 amide bonds. The first-order chi connectivity index (χ1) is 8.28. The van der Waals surface area contributed by atoms with Crippen molar-refractivity contribution in [3.63, 3.8) is 0 Å². The fourth-order valence-corrected chi connectivity index (χ4v) is 3.23. The van der Waals surface area contributed by atoms with Crippen molar-refractivity contribution in [1.29, 1.82) is 0 Å². The summed E-state index contributed by atoms with van der Waals surface area (Å²) in [5.41, 5.74) is 0. The van der Waals surface area contributed by atoms with E-state index in [-0.39, 0.29) is 12.4 Å². The zero-order chi connectivity index (χ0) is 12.1. The molecule has 0 radical (unpaired) electrons. The molecule has 0 bridgehead atoms. The molecule has 1 saturated heterocycles. The molecule has 104 valence electrons. The molecule has 0 spiro atoms. The molecule has 0 aromatic carbocycles. The summed E-state index contributed by atoms with van der Waals surface area (Å²) in [6, 6.07) is 0. The van der Waals surface area contributed by atoms with Crippen LogP contribution in [0.15, 0.2) is 6.20 Å². The second-order valence-electron chi connectivity index (χ2n) is 4.87. The number of aromatic nitrogens is 1. The standard InChI is InChI=1S/C13H23N3S.ClH/c1-3-14-8-12-4-6-16(7-5-12)10-13-9-15-11(2)17-13;/h9,12,14H,3-8,10H2,1-2H3;1H. The molecule has 1 aliphatic rings. The number of rotatable bonds is 5. The average molecular weight is 290 g/mol. The third-order valence-electron chi connectivity index (χ3n) is 3.44. The largest absolute Gasteiger partial charge is 0.317 e. The summed E-state index contributed by atoms with van der Waals surface area (Å²) in [6.07, 6.45) is 4.71. The molecular formula is C13H24ClN3S. The Balaban J connectivity index is 0.00000162. The molecule has 1 fully saturated rings.